The molecule has 2 atom stereocenters. The van der Waals surface area contributed by atoms with E-state index >= 15 is 0 Å². The van der Waals surface area contributed by atoms with Gasteiger partial charge in [-0.2, -0.15) is 0 Å². The molecule has 0 aliphatic carbocycles. The van der Waals surface area contributed by atoms with Gasteiger partial charge in [-0.25, -0.2) is 0 Å². The Morgan fingerprint density at radius 2 is 2.07 bits per heavy atom. The van der Waals surface area contributed by atoms with Gasteiger partial charge < -0.3 is 5.32 Å². The molecule has 1 heteroatoms. The van der Waals surface area contributed by atoms with Crippen LogP contribution < -0.4 is 5.32 Å². The topological polar surface area (TPSA) is 12.0 Å². The Balaban J connectivity index is 2.15. The highest BCUT2D eigenvalue weighted by Crippen LogP contribution is 2.27. The van der Waals surface area contributed by atoms with Gasteiger partial charge >= 0.3 is 0 Å². The van der Waals surface area contributed by atoms with E-state index in [1.165, 1.54) is 64.5 Å². The van der Waals surface area contributed by atoms with E-state index in [0.29, 0.717) is 0 Å². The summed E-state index contributed by atoms with van der Waals surface area (Å²) in [6.45, 7) is 7.20. The lowest BCUT2D eigenvalue weighted by molar-refractivity contribution is 0.239. The summed E-state index contributed by atoms with van der Waals surface area (Å²) in [7, 11) is 0. The fourth-order valence-electron chi connectivity index (χ4n) is 2.89. The van der Waals surface area contributed by atoms with Crippen molar-refractivity contribution < 1.29 is 0 Å². The second kappa shape index (κ2) is 8.15. The van der Waals surface area contributed by atoms with Crippen LogP contribution in [0.15, 0.2) is 0 Å². The van der Waals surface area contributed by atoms with Crippen molar-refractivity contribution in [3.63, 3.8) is 0 Å². The highest BCUT2D eigenvalue weighted by Gasteiger charge is 2.21. The standard InChI is InChI=1S/C14H29N/c1-3-5-6-7-9-13(4-2)14-10-8-11-15-12-14/h13-15H,3-12H2,1-2H3. The molecule has 0 aromatic rings. The van der Waals surface area contributed by atoms with E-state index in [4.69, 9.17) is 0 Å². The largest absolute Gasteiger partial charge is 0.316 e. The quantitative estimate of drug-likeness (QED) is 0.628. The van der Waals surface area contributed by atoms with Crippen LogP contribution in [0.1, 0.15) is 65.2 Å². The molecule has 1 fully saturated rings. The fraction of sp³-hybridized carbons (Fsp3) is 1.00. The van der Waals surface area contributed by atoms with Gasteiger partial charge in [0.2, 0.25) is 0 Å². The van der Waals surface area contributed by atoms with Crippen molar-refractivity contribution in [1.82, 2.24) is 5.32 Å². The van der Waals surface area contributed by atoms with Crippen molar-refractivity contribution >= 4 is 0 Å². The Bertz CT molecular complexity index is 138. The van der Waals surface area contributed by atoms with Crippen molar-refractivity contribution in [2.24, 2.45) is 11.8 Å². The molecule has 1 nitrogen and oxygen atoms in total. The normalized spacial score (nSPS) is 24.0. The van der Waals surface area contributed by atoms with Gasteiger partial charge in [-0.1, -0.05) is 52.4 Å². The van der Waals surface area contributed by atoms with Gasteiger partial charge in [-0.15, -0.1) is 0 Å². The van der Waals surface area contributed by atoms with Crippen LogP contribution in [-0.4, -0.2) is 13.1 Å². The molecule has 0 amide bonds. The summed E-state index contributed by atoms with van der Waals surface area (Å²) in [5.41, 5.74) is 0. The van der Waals surface area contributed by atoms with Crippen LogP contribution in [0.3, 0.4) is 0 Å². The SMILES string of the molecule is CCCCCCC(CC)C1CCCNC1. The molecule has 1 aliphatic rings. The van der Waals surface area contributed by atoms with Crippen molar-refractivity contribution in [2.75, 3.05) is 13.1 Å². The highest BCUT2D eigenvalue weighted by atomic mass is 14.9. The molecule has 0 saturated carbocycles. The van der Waals surface area contributed by atoms with Crippen LogP contribution >= 0.6 is 0 Å². The minimum Gasteiger partial charge on any atom is -0.316 e. The van der Waals surface area contributed by atoms with Crippen LogP contribution in [0.4, 0.5) is 0 Å². The maximum atomic E-state index is 3.55. The van der Waals surface area contributed by atoms with Crippen LogP contribution in [-0.2, 0) is 0 Å². The first-order valence-electron chi connectivity index (χ1n) is 7.09. The molecule has 1 aliphatic heterocycles. The summed E-state index contributed by atoms with van der Waals surface area (Å²) < 4.78 is 0. The third-order valence-electron chi connectivity index (χ3n) is 3.95. The molecule has 1 saturated heterocycles. The number of unbranched alkanes of at least 4 members (excludes halogenated alkanes) is 3. The zero-order valence-corrected chi connectivity index (χ0v) is 10.7. The lowest BCUT2D eigenvalue weighted by atomic mass is 9.81. The van der Waals surface area contributed by atoms with E-state index in [9.17, 15) is 0 Å². The highest BCUT2D eigenvalue weighted by molar-refractivity contribution is 4.75. The maximum absolute atomic E-state index is 3.55. The first-order chi connectivity index (χ1) is 7.38. The van der Waals surface area contributed by atoms with E-state index < -0.39 is 0 Å². The average molecular weight is 211 g/mol. The molecule has 15 heavy (non-hydrogen) atoms. The van der Waals surface area contributed by atoms with Crippen molar-refractivity contribution in [1.29, 1.82) is 0 Å². The second-order valence-electron chi connectivity index (χ2n) is 5.12. The molecule has 1 rings (SSSR count). The maximum Gasteiger partial charge on any atom is -0.00179 e. The summed E-state index contributed by atoms with van der Waals surface area (Å²) >= 11 is 0. The zero-order chi connectivity index (χ0) is 10.9. The number of rotatable bonds is 7. The zero-order valence-electron chi connectivity index (χ0n) is 10.7. The Morgan fingerprint density at radius 3 is 2.67 bits per heavy atom. The first-order valence-corrected chi connectivity index (χ1v) is 7.09. The van der Waals surface area contributed by atoms with Crippen LogP contribution in [0.2, 0.25) is 0 Å². The Labute approximate surface area is 96.0 Å². The monoisotopic (exact) mass is 211 g/mol. The van der Waals surface area contributed by atoms with Crippen LogP contribution in [0.5, 0.6) is 0 Å². The molecular weight excluding hydrogens is 182 g/mol. The van der Waals surface area contributed by atoms with Gasteiger partial charge in [0, 0.05) is 0 Å². The Hall–Kier alpha value is -0.0400. The summed E-state index contributed by atoms with van der Waals surface area (Å²) in [6.07, 6.45) is 11.4. The summed E-state index contributed by atoms with van der Waals surface area (Å²) in [4.78, 5) is 0. The second-order valence-corrected chi connectivity index (χ2v) is 5.12. The fourth-order valence-corrected chi connectivity index (χ4v) is 2.89. The molecule has 0 spiro atoms. The molecular formula is C14H29N. The van der Waals surface area contributed by atoms with Gasteiger partial charge in [0.25, 0.3) is 0 Å². The van der Waals surface area contributed by atoms with Crippen LogP contribution in [0, 0.1) is 11.8 Å². The third kappa shape index (κ3) is 5.01. The molecule has 0 aromatic carbocycles. The van der Waals surface area contributed by atoms with Gasteiger partial charge in [-0.05, 0) is 37.8 Å². The van der Waals surface area contributed by atoms with E-state index in [2.05, 4.69) is 19.2 Å². The van der Waals surface area contributed by atoms with E-state index in [0.717, 1.165) is 11.8 Å². The van der Waals surface area contributed by atoms with Crippen molar-refractivity contribution in [3.05, 3.63) is 0 Å². The predicted molar refractivity (Wildman–Crippen MR) is 68.1 cm³/mol. The summed E-state index contributed by atoms with van der Waals surface area (Å²) in [6, 6.07) is 0. The Morgan fingerprint density at radius 1 is 1.20 bits per heavy atom. The number of hydrogen-bond donors (Lipinski definition) is 1. The van der Waals surface area contributed by atoms with E-state index in [1.54, 1.807) is 0 Å². The van der Waals surface area contributed by atoms with Gasteiger partial charge in [0.15, 0.2) is 0 Å². The van der Waals surface area contributed by atoms with Crippen molar-refractivity contribution in [3.8, 4) is 0 Å². The number of nitrogens with one attached hydrogen (secondary N) is 1. The number of hydrogen-bond acceptors (Lipinski definition) is 1. The smallest absolute Gasteiger partial charge is 0.00179 e. The third-order valence-corrected chi connectivity index (χ3v) is 3.95. The van der Waals surface area contributed by atoms with Gasteiger partial charge in [0.1, 0.15) is 0 Å². The molecule has 0 aromatic heterocycles. The first kappa shape index (κ1) is 13.0. The van der Waals surface area contributed by atoms with Gasteiger partial charge in [-0.3, -0.25) is 0 Å². The van der Waals surface area contributed by atoms with Crippen LogP contribution in [0.25, 0.3) is 0 Å². The minimum atomic E-state index is 0.977. The lowest BCUT2D eigenvalue weighted by Gasteiger charge is -2.30. The summed E-state index contributed by atoms with van der Waals surface area (Å²) in [5, 5.41) is 3.55. The molecule has 1 heterocycles. The molecule has 0 bridgehead atoms. The molecule has 2 unspecified atom stereocenters. The molecule has 90 valence electrons. The predicted octanol–water partition coefficient (Wildman–Crippen LogP) is 3.98. The van der Waals surface area contributed by atoms with E-state index in [-0.39, 0.29) is 0 Å². The minimum absolute atomic E-state index is 0.977. The average Bonchev–Trinajstić information content (AvgIpc) is 2.30. The Kier molecular flexibility index (Phi) is 7.08. The van der Waals surface area contributed by atoms with Crippen molar-refractivity contribution in [2.45, 2.75) is 65.2 Å². The molecule has 0 radical (unpaired) electrons. The molecule has 1 N–H and O–H groups in total. The summed E-state index contributed by atoms with van der Waals surface area (Å²) in [5.74, 6) is 1.97. The lowest BCUT2D eigenvalue weighted by Crippen LogP contribution is -2.34. The van der Waals surface area contributed by atoms with Gasteiger partial charge in [0.05, 0.1) is 0 Å². The number of piperidine rings is 1. The van der Waals surface area contributed by atoms with E-state index in [1.807, 2.05) is 0 Å².